The van der Waals surface area contributed by atoms with Crippen LogP contribution in [0.5, 0.6) is 0 Å². The first-order valence-corrected chi connectivity index (χ1v) is 15.9. The summed E-state index contributed by atoms with van der Waals surface area (Å²) in [4.78, 5) is 40.1. The number of aromatic amines is 1. The van der Waals surface area contributed by atoms with Gasteiger partial charge in [0.25, 0.3) is 5.56 Å². The number of nitrogens with one attached hydrogen (secondary N) is 1. The number of hydrogen-bond acceptors (Lipinski definition) is 7. The average molecular weight is 497 g/mol. The van der Waals surface area contributed by atoms with Crippen LogP contribution in [0.25, 0.3) is 0 Å². The van der Waals surface area contributed by atoms with E-state index in [1.54, 1.807) is 0 Å². The fourth-order valence-electron chi connectivity index (χ4n) is 5.77. The van der Waals surface area contributed by atoms with Crippen LogP contribution in [0.3, 0.4) is 0 Å². The zero-order chi connectivity index (χ0) is 24.5. The van der Waals surface area contributed by atoms with Crippen molar-refractivity contribution in [1.82, 2.24) is 9.55 Å². The van der Waals surface area contributed by atoms with Gasteiger partial charge in [-0.2, -0.15) is 0 Å². The second-order valence-corrected chi connectivity index (χ2v) is 19.6. The maximum absolute atomic E-state index is 13.4. The lowest BCUT2D eigenvalue weighted by molar-refractivity contribution is -0.0564. The number of Topliss-reactive ketones (excluding diaryl/α,β-unsaturated/α-hetero) is 1. The number of carbonyl (C=O) groups excluding carboxylic acids is 1. The Hall–Kier alpha value is -1.38. The third-order valence-corrected chi connectivity index (χ3v) is 17.7. The summed E-state index contributed by atoms with van der Waals surface area (Å²) in [6.07, 6.45) is -1.94. The lowest BCUT2D eigenvalue weighted by atomic mass is 9.96. The fourth-order valence-corrected chi connectivity index (χ4v) is 17.0. The number of aromatic nitrogens is 2. The van der Waals surface area contributed by atoms with Crippen molar-refractivity contribution in [3.63, 3.8) is 0 Å². The second-order valence-electron chi connectivity index (χ2n) is 10.7. The largest absolute Gasteiger partial charge is 0.414 e. The number of ether oxygens (including phenoxy) is 1. The highest BCUT2D eigenvalue weighted by atomic mass is 28.5. The van der Waals surface area contributed by atoms with Crippen LogP contribution in [0.15, 0.2) is 15.7 Å². The molecule has 0 bridgehead atoms. The monoisotopic (exact) mass is 496 g/mol. The van der Waals surface area contributed by atoms with E-state index in [0.29, 0.717) is 0 Å². The van der Waals surface area contributed by atoms with E-state index < -0.39 is 52.7 Å². The molecule has 184 valence electrons. The minimum absolute atomic E-state index is 0.0686. The third kappa shape index (κ3) is 3.59. The van der Waals surface area contributed by atoms with E-state index in [1.807, 2.05) is 0 Å². The summed E-state index contributed by atoms with van der Waals surface area (Å²) in [5.74, 6) is -1.02. The predicted octanol–water partition coefficient (Wildman–Crippen LogP) is 3.20. The van der Waals surface area contributed by atoms with Crippen LogP contribution in [-0.2, 0) is 17.7 Å². The zero-order valence-electron chi connectivity index (χ0n) is 20.7. The molecule has 2 fully saturated rings. The Kier molecular flexibility index (Phi) is 6.28. The van der Waals surface area contributed by atoms with Gasteiger partial charge in [0.15, 0.2) is 12.0 Å². The van der Waals surface area contributed by atoms with Crippen molar-refractivity contribution in [2.75, 3.05) is 6.61 Å². The van der Waals surface area contributed by atoms with Crippen LogP contribution in [-0.4, -0.2) is 51.3 Å². The van der Waals surface area contributed by atoms with Gasteiger partial charge in [-0.3, -0.25) is 19.1 Å². The van der Waals surface area contributed by atoms with E-state index in [4.69, 9.17) is 17.7 Å². The van der Waals surface area contributed by atoms with E-state index in [9.17, 15) is 14.4 Å². The minimum atomic E-state index is -2.94. The van der Waals surface area contributed by atoms with Crippen LogP contribution >= 0.6 is 0 Å². The van der Waals surface area contributed by atoms with Gasteiger partial charge in [-0.05, 0) is 22.2 Å². The van der Waals surface area contributed by atoms with Gasteiger partial charge in [0.1, 0.15) is 6.10 Å². The van der Waals surface area contributed by atoms with Crippen LogP contribution < -0.4 is 11.2 Å². The molecule has 0 spiro atoms. The van der Waals surface area contributed by atoms with Crippen LogP contribution in [0.4, 0.5) is 0 Å². The highest BCUT2D eigenvalue weighted by Crippen LogP contribution is 2.51. The van der Waals surface area contributed by atoms with Crippen molar-refractivity contribution in [2.45, 2.75) is 96.0 Å². The Labute approximate surface area is 196 Å². The van der Waals surface area contributed by atoms with Crippen molar-refractivity contribution in [2.24, 2.45) is 5.92 Å². The highest BCUT2D eigenvalue weighted by molar-refractivity contribution is 6.84. The maximum Gasteiger partial charge on any atom is 0.335 e. The van der Waals surface area contributed by atoms with Gasteiger partial charge in [0.05, 0.1) is 24.3 Å². The number of hydrogen-bond donors (Lipinski definition) is 1. The zero-order valence-corrected chi connectivity index (χ0v) is 22.7. The first kappa shape index (κ1) is 24.7. The molecule has 0 aliphatic carbocycles. The molecule has 0 amide bonds. The smallest absolute Gasteiger partial charge is 0.335 e. The van der Waals surface area contributed by atoms with Gasteiger partial charge in [-0.15, -0.1) is 0 Å². The van der Waals surface area contributed by atoms with Crippen molar-refractivity contribution in [3.05, 3.63) is 32.6 Å². The molecule has 3 aliphatic heterocycles. The summed E-state index contributed by atoms with van der Waals surface area (Å²) in [5.41, 5.74) is -0.582. The number of carbonyl (C=O) groups is 1. The number of ketones is 1. The summed E-state index contributed by atoms with van der Waals surface area (Å²) in [6, 6.07) is 1.17. The first-order valence-electron chi connectivity index (χ1n) is 11.9. The molecule has 0 radical (unpaired) electrons. The molecular formula is C22H36N2O7Si2. The number of rotatable bonds is 4. The van der Waals surface area contributed by atoms with Crippen LogP contribution in [0.1, 0.15) is 72.1 Å². The SMILES string of the molecule is CC(C)[Si]1(C(C)C)OC[C@H]2O[C@@H]3[C@@H](C(=O)c4cc(=O)[nH]c(=O)n43)[C@@H]2O[Si](C(C)C)(C(C)C)O1. The molecule has 33 heavy (non-hydrogen) atoms. The summed E-state index contributed by atoms with van der Waals surface area (Å²) in [6.45, 7) is 17.3. The van der Waals surface area contributed by atoms with Gasteiger partial charge in [0, 0.05) is 6.07 Å². The Morgan fingerprint density at radius 2 is 1.52 bits per heavy atom. The highest BCUT2D eigenvalue weighted by Gasteiger charge is 2.64. The molecule has 1 N–H and O–H groups in total. The summed E-state index contributed by atoms with van der Waals surface area (Å²) >= 11 is 0. The third-order valence-electron chi connectivity index (χ3n) is 7.46. The first-order chi connectivity index (χ1) is 15.4. The molecule has 4 atom stereocenters. The summed E-state index contributed by atoms with van der Waals surface area (Å²) in [5, 5.41) is 0. The number of H-pyrrole nitrogens is 1. The molecule has 9 nitrogen and oxygen atoms in total. The molecular weight excluding hydrogens is 460 g/mol. The number of fused-ring (bicyclic) bond motifs is 5. The van der Waals surface area contributed by atoms with Crippen LogP contribution in [0, 0.1) is 5.92 Å². The van der Waals surface area contributed by atoms with Crippen molar-refractivity contribution < 1.29 is 22.5 Å². The molecule has 1 aromatic heterocycles. The summed E-state index contributed by atoms with van der Waals surface area (Å²) in [7, 11) is -5.66. The predicted molar refractivity (Wildman–Crippen MR) is 127 cm³/mol. The molecule has 0 aromatic carbocycles. The molecule has 4 rings (SSSR count). The molecule has 1 aromatic rings. The number of nitrogens with zero attached hydrogens (tertiary/aromatic N) is 1. The van der Waals surface area contributed by atoms with Gasteiger partial charge < -0.3 is 17.7 Å². The van der Waals surface area contributed by atoms with Crippen LogP contribution in [0.2, 0.25) is 22.2 Å². The minimum Gasteiger partial charge on any atom is -0.414 e. The normalized spacial score (nSPS) is 30.5. The standard InChI is InChI=1S/C22H36N2O7Si2/c1-11(2)32(12(3)4)28-10-16-20(30-33(31-32,13(5)6)14(7)8)18-19(26)15-9-17(25)23-22(27)24(15)21(18)29-16/h9,11-14,16,18,20-21H,10H2,1-8H3,(H,23,25,27)/t16-,18+,20-,21-/m1/s1. The molecule has 4 heterocycles. The van der Waals surface area contributed by atoms with Crippen molar-refractivity contribution in [3.8, 4) is 0 Å². The van der Waals surface area contributed by atoms with Gasteiger partial charge in [-0.1, -0.05) is 55.4 Å². The van der Waals surface area contributed by atoms with E-state index in [1.165, 1.54) is 10.6 Å². The Morgan fingerprint density at radius 3 is 2.06 bits per heavy atom. The molecule has 11 heteroatoms. The van der Waals surface area contributed by atoms with Crippen molar-refractivity contribution >= 4 is 22.9 Å². The summed E-state index contributed by atoms with van der Waals surface area (Å²) < 4.78 is 28.4. The topological polar surface area (TPSA) is 109 Å². The van der Waals surface area contributed by atoms with E-state index in [2.05, 4.69) is 60.4 Å². The average Bonchev–Trinajstić information content (AvgIpc) is 3.16. The Balaban J connectivity index is 1.84. The van der Waals surface area contributed by atoms with Gasteiger partial charge in [-0.25, -0.2) is 4.79 Å². The fraction of sp³-hybridized carbons (Fsp3) is 0.773. The van der Waals surface area contributed by atoms with Crippen molar-refractivity contribution in [1.29, 1.82) is 0 Å². The Morgan fingerprint density at radius 1 is 0.939 bits per heavy atom. The lowest BCUT2D eigenvalue weighted by Crippen LogP contribution is -2.65. The molecule has 0 unspecified atom stereocenters. The maximum atomic E-state index is 13.4. The molecule has 2 saturated heterocycles. The van der Waals surface area contributed by atoms with E-state index in [-0.39, 0.29) is 40.2 Å². The molecule has 0 saturated carbocycles. The van der Waals surface area contributed by atoms with Gasteiger partial charge >= 0.3 is 22.8 Å². The Bertz CT molecular complexity index is 1030. The van der Waals surface area contributed by atoms with E-state index >= 15 is 0 Å². The lowest BCUT2D eigenvalue weighted by Gasteiger charge is -2.51. The quantitative estimate of drug-likeness (QED) is 0.638. The van der Waals surface area contributed by atoms with E-state index in [0.717, 1.165) is 0 Å². The molecule has 3 aliphatic rings. The second kappa shape index (κ2) is 8.38. The van der Waals surface area contributed by atoms with Gasteiger partial charge in [0.2, 0.25) is 0 Å².